The van der Waals surface area contributed by atoms with Crippen molar-refractivity contribution in [2.45, 2.75) is 63.1 Å². The van der Waals surface area contributed by atoms with Crippen molar-refractivity contribution in [1.29, 1.82) is 0 Å². The number of carbonyl (C=O) groups excluding carboxylic acids is 3. The second-order valence-electron chi connectivity index (χ2n) is 11.4. The highest BCUT2D eigenvalue weighted by atomic mass is 16.4. The predicted molar refractivity (Wildman–Crippen MR) is 176 cm³/mol. The van der Waals surface area contributed by atoms with E-state index in [-0.39, 0.29) is 17.2 Å². The second kappa shape index (κ2) is 17.7. The highest BCUT2D eigenvalue weighted by Crippen LogP contribution is 2.17. The number of fused-ring (bicyclic) bond motifs is 1. The molecule has 51 heavy (non-hydrogen) atoms. The van der Waals surface area contributed by atoms with E-state index in [9.17, 15) is 48.6 Å². The average Bonchev–Trinajstić information content (AvgIpc) is 3.48. The fourth-order valence-corrected chi connectivity index (χ4v) is 4.84. The molecule has 274 valence electrons. The van der Waals surface area contributed by atoms with Gasteiger partial charge in [0, 0.05) is 39.1 Å². The van der Waals surface area contributed by atoms with Crippen molar-refractivity contribution >= 4 is 64.3 Å². The maximum Gasteiger partial charge on any atom is 0.326 e. The molecule has 0 unspecified atom stereocenters. The van der Waals surface area contributed by atoms with Gasteiger partial charge in [0.25, 0.3) is 11.5 Å². The molecular weight excluding hydrogens is 678 g/mol. The number of amides is 3. The Morgan fingerprint density at radius 2 is 1.39 bits per heavy atom. The lowest BCUT2D eigenvalue weighted by Crippen LogP contribution is -2.45. The summed E-state index contributed by atoms with van der Waals surface area (Å²) in [6.45, 7) is 0.447. The van der Waals surface area contributed by atoms with E-state index in [0.717, 1.165) is 0 Å². The summed E-state index contributed by atoms with van der Waals surface area (Å²) in [6.07, 6.45) is 0.651. The number of likely N-dealkylation sites (N-methyl/N-ethyl adjacent to an activating group) is 1. The van der Waals surface area contributed by atoms with Gasteiger partial charge in [-0.05, 0) is 43.4 Å². The van der Waals surface area contributed by atoms with Gasteiger partial charge >= 0.3 is 23.9 Å². The zero-order chi connectivity index (χ0) is 37.8. The van der Waals surface area contributed by atoms with E-state index in [1.54, 1.807) is 19.3 Å². The smallest absolute Gasteiger partial charge is 0.326 e. The van der Waals surface area contributed by atoms with Gasteiger partial charge < -0.3 is 52.0 Å². The van der Waals surface area contributed by atoms with Crippen LogP contribution < -0.4 is 32.1 Å². The molecule has 21 nitrogen and oxygen atoms in total. The number of aliphatic carboxylic acids is 4. The molecule has 0 saturated heterocycles. The Morgan fingerprint density at radius 3 is 1.90 bits per heavy atom. The summed E-state index contributed by atoms with van der Waals surface area (Å²) in [5.41, 5.74) is 6.77. The number of hydrogen-bond donors (Lipinski definition) is 10. The standard InChI is InChI=1S/C30H37N9O12/c1-39(11-10-14-12-33-24-23(14)26(45)38-30(31)37-24)15-2-3-16(32-13-15)25(44)36-19(29(50)51)5-8-21(41)34-17(27(46)47)4-7-20(40)35-18(28(48)49)6-9-22(42)43/h2-3,12-13,17-19H,4-11H2,1H3,(H,34,41)(H,35,40)(H,36,44)(H,42,43)(H,46,47)(H,48,49)(H,50,51)(H4,31,33,37,38,45)/t17-,18-,19-/m0/s1. The van der Waals surface area contributed by atoms with E-state index in [4.69, 9.17) is 15.9 Å². The first kappa shape index (κ1) is 38.9. The van der Waals surface area contributed by atoms with E-state index < -0.39 is 98.2 Å². The molecule has 11 N–H and O–H groups in total. The minimum atomic E-state index is -1.59. The molecule has 3 amide bonds. The summed E-state index contributed by atoms with van der Waals surface area (Å²) >= 11 is 0. The number of carboxylic acid groups (broad SMARTS) is 4. The van der Waals surface area contributed by atoms with E-state index in [1.165, 1.54) is 12.3 Å². The van der Waals surface area contributed by atoms with Crippen LogP contribution in [0.2, 0.25) is 0 Å². The summed E-state index contributed by atoms with van der Waals surface area (Å²) in [4.78, 5) is 110. The van der Waals surface area contributed by atoms with Crippen LogP contribution in [0, 0.1) is 0 Å². The lowest BCUT2D eigenvalue weighted by Gasteiger charge is -2.19. The Bertz CT molecular complexity index is 1840. The molecule has 3 atom stereocenters. The first-order valence-corrected chi connectivity index (χ1v) is 15.4. The minimum absolute atomic E-state index is 0.0110. The molecule has 0 aliphatic carbocycles. The summed E-state index contributed by atoms with van der Waals surface area (Å²) in [7, 11) is 1.77. The van der Waals surface area contributed by atoms with Gasteiger partial charge in [-0.15, -0.1) is 0 Å². The monoisotopic (exact) mass is 715 g/mol. The number of anilines is 2. The highest BCUT2D eigenvalue weighted by molar-refractivity contribution is 5.95. The van der Waals surface area contributed by atoms with Crippen molar-refractivity contribution in [1.82, 2.24) is 35.9 Å². The molecule has 3 aromatic heterocycles. The Hall–Kier alpha value is -6.54. The van der Waals surface area contributed by atoms with Crippen molar-refractivity contribution in [3.05, 3.63) is 46.1 Å². The summed E-state index contributed by atoms with van der Waals surface area (Å²) in [5, 5.41) is 43.8. The number of rotatable bonds is 20. The van der Waals surface area contributed by atoms with E-state index in [1.807, 2.05) is 4.90 Å². The lowest BCUT2D eigenvalue weighted by atomic mass is 10.1. The Morgan fingerprint density at radius 1 is 0.843 bits per heavy atom. The van der Waals surface area contributed by atoms with Crippen molar-refractivity contribution in [2.75, 3.05) is 24.2 Å². The molecule has 0 aliphatic rings. The van der Waals surface area contributed by atoms with Crippen molar-refractivity contribution in [3.63, 3.8) is 0 Å². The number of aromatic amines is 2. The number of carboxylic acids is 4. The zero-order valence-corrected chi connectivity index (χ0v) is 27.2. The molecule has 21 heteroatoms. The van der Waals surface area contributed by atoms with Crippen molar-refractivity contribution < 1.29 is 54.0 Å². The second-order valence-corrected chi connectivity index (χ2v) is 11.4. The van der Waals surface area contributed by atoms with Crippen LogP contribution in [0.5, 0.6) is 0 Å². The van der Waals surface area contributed by atoms with Gasteiger partial charge in [0.15, 0.2) is 0 Å². The molecule has 0 radical (unpaired) electrons. The SMILES string of the molecule is CN(CCc1c[nH]c2nc(N)[nH]c(=O)c12)c1ccc(C(=O)N[C@@H](CCC(=O)N[C@@H](CCC(=O)N[C@@H](CCC(=O)O)C(=O)O)C(=O)O)C(=O)O)nc1. The summed E-state index contributed by atoms with van der Waals surface area (Å²) in [5.74, 6) is -8.38. The quantitative estimate of drug-likeness (QED) is 0.0646. The normalized spacial score (nSPS) is 12.6. The van der Waals surface area contributed by atoms with E-state index in [2.05, 4.69) is 35.9 Å². The minimum Gasteiger partial charge on any atom is -0.481 e. The molecule has 0 bridgehead atoms. The average molecular weight is 716 g/mol. The summed E-state index contributed by atoms with van der Waals surface area (Å²) in [6, 6.07) is -1.71. The van der Waals surface area contributed by atoms with E-state index in [0.29, 0.717) is 35.2 Å². The highest BCUT2D eigenvalue weighted by Gasteiger charge is 2.26. The van der Waals surface area contributed by atoms with Gasteiger partial charge in [-0.25, -0.2) is 19.4 Å². The van der Waals surface area contributed by atoms with Crippen LogP contribution in [-0.4, -0.2) is 114 Å². The lowest BCUT2D eigenvalue weighted by molar-refractivity contribution is -0.144. The number of H-pyrrole nitrogens is 2. The van der Waals surface area contributed by atoms with Crippen molar-refractivity contribution in [2.24, 2.45) is 0 Å². The van der Waals surface area contributed by atoms with Crippen LogP contribution in [0.15, 0.2) is 29.3 Å². The third kappa shape index (κ3) is 11.5. The molecule has 0 fully saturated rings. The number of nitrogens with one attached hydrogen (secondary N) is 5. The molecule has 0 spiro atoms. The predicted octanol–water partition coefficient (Wildman–Crippen LogP) is -1.35. The number of carbonyl (C=O) groups is 7. The van der Waals surface area contributed by atoms with Crippen LogP contribution in [0.25, 0.3) is 11.0 Å². The van der Waals surface area contributed by atoms with Crippen LogP contribution in [0.1, 0.15) is 54.6 Å². The number of hydrogen-bond acceptors (Lipinski definition) is 12. The maximum absolute atomic E-state index is 12.8. The molecule has 3 heterocycles. The van der Waals surface area contributed by atoms with Crippen LogP contribution in [-0.2, 0) is 35.2 Å². The number of pyridine rings is 1. The van der Waals surface area contributed by atoms with Gasteiger partial charge in [-0.3, -0.25) is 29.0 Å². The van der Waals surface area contributed by atoms with Gasteiger partial charge in [-0.2, -0.15) is 4.98 Å². The Balaban J connectivity index is 1.49. The van der Waals surface area contributed by atoms with Crippen LogP contribution in [0.4, 0.5) is 11.6 Å². The number of aromatic nitrogens is 4. The van der Waals surface area contributed by atoms with Gasteiger partial charge in [0.05, 0.1) is 17.3 Å². The van der Waals surface area contributed by atoms with Gasteiger partial charge in [0.2, 0.25) is 17.8 Å². The van der Waals surface area contributed by atoms with Crippen molar-refractivity contribution in [3.8, 4) is 0 Å². The third-order valence-electron chi connectivity index (χ3n) is 7.62. The Labute approximate surface area is 287 Å². The largest absolute Gasteiger partial charge is 0.481 e. The molecule has 0 saturated carbocycles. The topological polar surface area (TPSA) is 340 Å². The molecule has 0 aliphatic heterocycles. The molecular formula is C30H37N9O12. The molecule has 3 aromatic rings. The van der Waals surface area contributed by atoms with E-state index >= 15 is 0 Å². The first-order chi connectivity index (χ1) is 24.0. The summed E-state index contributed by atoms with van der Waals surface area (Å²) < 4.78 is 0. The number of nitrogens with two attached hydrogens (primary N) is 1. The maximum atomic E-state index is 12.8. The van der Waals surface area contributed by atoms with Gasteiger partial charge in [0.1, 0.15) is 29.5 Å². The number of nitrogen functional groups attached to an aromatic ring is 1. The van der Waals surface area contributed by atoms with Crippen LogP contribution >= 0.6 is 0 Å². The zero-order valence-electron chi connectivity index (χ0n) is 27.2. The fourth-order valence-electron chi connectivity index (χ4n) is 4.84. The molecule has 3 rings (SSSR count). The van der Waals surface area contributed by atoms with Gasteiger partial charge in [-0.1, -0.05) is 0 Å². The number of nitrogens with zero attached hydrogens (tertiary/aromatic N) is 3. The molecule has 0 aromatic carbocycles. The third-order valence-corrected chi connectivity index (χ3v) is 7.62. The first-order valence-electron chi connectivity index (χ1n) is 15.4. The fraction of sp³-hybridized carbons (Fsp3) is 0.400. The van der Waals surface area contributed by atoms with Crippen LogP contribution in [0.3, 0.4) is 0 Å². The Kier molecular flexibility index (Phi) is 13.5.